The fraction of sp³-hybridized carbons (Fsp3) is 0.870. The Bertz CT molecular complexity index is 543. The zero-order chi connectivity index (χ0) is 22.0. The molecule has 6 heteroatoms. The first-order chi connectivity index (χ1) is 13.6. The fourth-order valence-electron chi connectivity index (χ4n) is 4.59. The van der Waals surface area contributed by atoms with Gasteiger partial charge in [0.05, 0.1) is 26.1 Å². The van der Waals surface area contributed by atoms with Crippen LogP contribution in [0.3, 0.4) is 0 Å². The number of carbonyl (C=O) groups excluding carboxylic acids is 3. The van der Waals surface area contributed by atoms with Gasteiger partial charge in [-0.2, -0.15) is 0 Å². The third kappa shape index (κ3) is 8.75. The van der Waals surface area contributed by atoms with Gasteiger partial charge in [-0.3, -0.25) is 14.4 Å². The van der Waals surface area contributed by atoms with E-state index in [0.29, 0.717) is 24.7 Å². The summed E-state index contributed by atoms with van der Waals surface area (Å²) in [6, 6.07) is 0. The van der Waals surface area contributed by atoms with Crippen molar-refractivity contribution >= 4 is 17.9 Å². The largest absolute Gasteiger partial charge is 0.469 e. The lowest BCUT2D eigenvalue weighted by molar-refractivity contribution is -0.160. The van der Waals surface area contributed by atoms with Crippen LogP contribution in [-0.2, 0) is 28.6 Å². The molecule has 0 aliphatic heterocycles. The fourth-order valence-corrected chi connectivity index (χ4v) is 4.59. The van der Waals surface area contributed by atoms with Crippen LogP contribution in [-0.4, -0.2) is 37.7 Å². The molecule has 1 fully saturated rings. The van der Waals surface area contributed by atoms with Crippen molar-refractivity contribution in [3.63, 3.8) is 0 Å². The molecule has 0 aromatic carbocycles. The molecule has 1 rings (SSSR count). The van der Waals surface area contributed by atoms with Gasteiger partial charge in [-0.25, -0.2) is 0 Å². The summed E-state index contributed by atoms with van der Waals surface area (Å²) in [4.78, 5) is 35.8. The van der Waals surface area contributed by atoms with Gasteiger partial charge in [-0.1, -0.05) is 26.7 Å². The smallest absolute Gasteiger partial charge is 0.309 e. The van der Waals surface area contributed by atoms with E-state index < -0.39 is 17.4 Å². The minimum Gasteiger partial charge on any atom is -0.469 e. The molecular weight excluding hydrogens is 372 g/mol. The average molecular weight is 413 g/mol. The van der Waals surface area contributed by atoms with Gasteiger partial charge < -0.3 is 14.2 Å². The molecule has 0 spiro atoms. The molecule has 0 saturated heterocycles. The van der Waals surface area contributed by atoms with E-state index >= 15 is 0 Å². The van der Waals surface area contributed by atoms with E-state index in [-0.39, 0.29) is 17.9 Å². The Morgan fingerprint density at radius 1 is 0.966 bits per heavy atom. The van der Waals surface area contributed by atoms with Crippen LogP contribution < -0.4 is 0 Å². The Kier molecular flexibility index (Phi) is 10.7. The first kappa shape index (κ1) is 25.4. The van der Waals surface area contributed by atoms with Gasteiger partial charge >= 0.3 is 17.9 Å². The highest BCUT2D eigenvalue weighted by molar-refractivity contribution is 5.82. The Morgan fingerprint density at radius 3 is 2.10 bits per heavy atom. The standard InChI is InChI=1S/C23H40O6/c1-16(2)9-7-13-23(4,29-17(3)24)14-8-10-18-11-12-19(21(25)27-5)20(15-18)22(26)28-6/h16,18-20H,7-15H2,1-6H3. The lowest BCUT2D eigenvalue weighted by Crippen LogP contribution is -2.37. The second kappa shape index (κ2) is 12.2. The summed E-state index contributed by atoms with van der Waals surface area (Å²) in [7, 11) is 2.72. The summed E-state index contributed by atoms with van der Waals surface area (Å²) in [6.45, 7) is 7.90. The predicted molar refractivity (Wildman–Crippen MR) is 111 cm³/mol. The first-order valence-electron chi connectivity index (χ1n) is 11.0. The molecule has 1 saturated carbocycles. The molecule has 0 amide bonds. The number of esters is 3. The van der Waals surface area contributed by atoms with Crippen molar-refractivity contribution in [1.29, 1.82) is 0 Å². The van der Waals surface area contributed by atoms with Crippen molar-refractivity contribution in [1.82, 2.24) is 0 Å². The van der Waals surface area contributed by atoms with Crippen molar-refractivity contribution in [2.24, 2.45) is 23.7 Å². The molecule has 1 aliphatic rings. The molecule has 168 valence electrons. The van der Waals surface area contributed by atoms with Crippen LogP contribution in [0.25, 0.3) is 0 Å². The molecule has 29 heavy (non-hydrogen) atoms. The van der Waals surface area contributed by atoms with E-state index in [9.17, 15) is 14.4 Å². The number of rotatable bonds is 11. The van der Waals surface area contributed by atoms with Crippen LogP contribution in [0.2, 0.25) is 0 Å². The van der Waals surface area contributed by atoms with E-state index in [1.807, 2.05) is 6.92 Å². The van der Waals surface area contributed by atoms with Gasteiger partial charge in [0.25, 0.3) is 0 Å². The quantitative estimate of drug-likeness (QED) is 0.362. The molecule has 1 aliphatic carbocycles. The normalized spacial score (nSPS) is 23.9. The van der Waals surface area contributed by atoms with Crippen LogP contribution in [0.4, 0.5) is 0 Å². The maximum absolute atomic E-state index is 12.2. The van der Waals surface area contributed by atoms with Gasteiger partial charge in [0.15, 0.2) is 0 Å². The van der Waals surface area contributed by atoms with Crippen molar-refractivity contribution < 1.29 is 28.6 Å². The lowest BCUT2D eigenvalue weighted by atomic mass is 9.72. The monoisotopic (exact) mass is 412 g/mol. The van der Waals surface area contributed by atoms with Crippen molar-refractivity contribution in [2.45, 2.75) is 91.1 Å². The first-order valence-corrected chi connectivity index (χ1v) is 11.0. The van der Waals surface area contributed by atoms with Gasteiger partial charge in [0.1, 0.15) is 5.60 Å². The van der Waals surface area contributed by atoms with Crippen LogP contribution >= 0.6 is 0 Å². The summed E-state index contributed by atoms with van der Waals surface area (Å²) < 4.78 is 15.5. The van der Waals surface area contributed by atoms with Crippen LogP contribution in [0.5, 0.6) is 0 Å². The van der Waals surface area contributed by atoms with Gasteiger partial charge in [0, 0.05) is 6.92 Å². The molecule has 4 unspecified atom stereocenters. The minimum atomic E-state index is -0.439. The molecule has 0 aromatic rings. The minimum absolute atomic E-state index is 0.235. The van der Waals surface area contributed by atoms with Crippen molar-refractivity contribution in [3.8, 4) is 0 Å². The van der Waals surface area contributed by atoms with Gasteiger partial charge in [-0.15, -0.1) is 0 Å². The maximum atomic E-state index is 12.2. The Morgan fingerprint density at radius 2 is 1.55 bits per heavy atom. The number of ether oxygens (including phenoxy) is 3. The van der Waals surface area contributed by atoms with Crippen LogP contribution in [0, 0.1) is 23.7 Å². The summed E-state index contributed by atoms with van der Waals surface area (Å²) in [5.41, 5.74) is -0.439. The second-order valence-electron chi connectivity index (χ2n) is 9.16. The summed E-state index contributed by atoms with van der Waals surface area (Å²) in [5.74, 6) is -0.742. The SMILES string of the molecule is COC(=O)C1CCC(CCCC(C)(CCCC(C)C)OC(C)=O)CC1C(=O)OC. The molecular formula is C23H40O6. The van der Waals surface area contributed by atoms with E-state index in [4.69, 9.17) is 14.2 Å². The van der Waals surface area contributed by atoms with Crippen molar-refractivity contribution in [2.75, 3.05) is 14.2 Å². The molecule has 0 radical (unpaired) electrons. The van der Waals surface area contributed by atoms with E-state index in [0.717, 1.165) is 44.9 Å². The Balaban J connectivity index is 2.62. The molecule has 0 aromatic heterocycles. The molecule has 4 atom stereocenters. The lowest BCUT2D eigenvalue weighted by Gasteiger charge is -2.34. The second-order valence-corrected chi connectivity index (χ2v) is 9.16. The summed E-state index contributed by atoms with van der Waals surface area (Å²) in [5, 5.41) is 0. The highest BCUT2D eigenvalue weighted by Crippen LogP contribution is 2.38. The third-order valence-corrected chi connectivity index (χ3v) is 6.16. The third-order valence-electron chi connectivity index (χ3n) is 6.16. The van der Waals surface area contributed by atoms with E-state index in [1.54, 1.807) is 0 Å². The number of hydrogen-bond donors (Lipinski definition) is 0. The molecule has 0 bridgehead atoms. The molecule has 0 heterocycles. The molecule has 6 nitrogen and oxygen atoms in total. The summed E-state index contributed by atoms with van der Waals surface area (Å²) in [6.07, 6.45) is 7.89. The number of carbonyl (C=O) groups is 3. The maximum Gasteiger partial charge on any atom is 0.309 e. The number of hydrogen-bond acceptors (Lipinski definition) is 6. The Labute approximate surface area is 176 Å². The topological polar surface area (TPSA) is 78.9 Å². The Hall–Kier alpha value is -1.59. The highest BCUT2D eigenvalue weighted by Gasteiger charge is 2.40. The highest BCUT2D eigenvalue weighted by atomic mass is 16.6. The number of methoxy groups -OCH3 is 2. The van der Waals surface area contributed by atoms with E-state index in [1.165, 1.54) is 21.1 Å². The van der Waals surface area contributed by atoms with Gasteiger partial charge in [0.2, 0.25) is 0 Å². The molecule has 0 N–H and O–H groups in total. The van der Waals surface area contributed by atoms with Crippen LogP contribution in [0.1, 0.15) is 85.5 Å². The van der Waals surface area contributed by atoms with Gasteiger partial charge in [-0.05, 0) is 63.7 Å². The zero-order valence-electron chi connectivity index (χ0n) is 19.1. The predicted octanol–water partition coefficient (Wildman–Crippen LogP) is 4.68. The summed E-state index contributed by atoms with van der Waals surface area (Å²) >= 11 is 0. The van der Waals surface area contributed by atoms with E-state index in [2.05, 4.69) is 13.8 Å². The van der Waals surface area contributed by atoms with Crippen LogP contribution in [0.15, 0.2) is 0 Å². The van der Waals surface area contributed by atoms with Crippen molar-refractivity contribution in [3.05, 3.63) is 0 Å². The average Bonchev–Trinajstić information content (AvgIpc) is 2.65. The zero-order valence-corrected chi connectivity index (χ0v) is 19.1.